The molecule has 0 radical (unpaired) electrons. The molecule has 0 N–H and O–H groups in total. The molecule has 1 saturated carbocycles. The molecule has 106 valence electrons. The fourth-order valence-corrected chi connectivity index (χ4v) is 2.22. The number of nitrogens with zero attached hydrogens (tertiary/aromatic N) is 3. The summed E-state index contributed by atoms with van der Waals surface area (Å²) in [7, 11) is 1.24. The Hall–Kier alpha value is -2.12. The highest BCUT2D eigenvalue weighted by Gasteiger charge is 2.56. The minimum Gasteiger partial charge on any atom is -0.468 e. The van der Waals surface area contributed by atoms with E-state index in [1.54, 1.807) is 0 Å². The van der Waals surface area contributed by atoms with Crippen molar-refractivity contribution < 1.29 is 22.7 Å². The monoisotopic (exact) mass is 285 g/mol. The molecule has 0 atom stereocenters. The average Bonchev–Trinajstić information content (AvgIpc) is 3.10. The van der Waals surface area contributed by atoms with Gasteiger partial charge in [0.1, 0.15) is 5.41 Å². The summed E-state index contributed by atoms with van der Waals surface area (Å²) in [6, 6.07) is 2.16. The number of alkyl halides is 3. The Labute approximate surface area is 111 Å². The van der Waals surface area contributed by atoms with E-state index in [-0.39, 0.29) is 11.5 Å². The van der Waals surface area contributed by atoms with Gasteiger partial charge in [-0.25, -0.2) is 0 Å². The summed E-state index contributed by atoms with van der Waals surface area (Å²) in [6.45, 7) is 0. The normalized spacial score (nSPS) is 17.2. The van der Waals surface area contributed by atoms with Gasteiger partial charge in [0.15, 0.2) is 11.5 Å². The van der Waals surface area contributed by atoms with Crippen LogP contribution in [-0.4, -0.2) is 27.7 Å². The van der Waals surface area contributed by atoms with Crippen LogP contribution in [0.5, 0.6) is 0 Å². The molecule has 8 heteroatoms. The summed E-state index contributed by atoms with van der Waals surface area (Å²) in [5.74, 6) is -0.297. The molecule has 0 saturated heterocycles. The Balaban J connectivity index is 2.16. The van der Waals surface area contributed by atoms with Gasteiger partial charge in [-0.2, -0.15) is 13.2 Å². The molecular formula is C12H10F3N3O2. The summed E-state index contributed by atoms with van der Waals surface area (Å²) in [5.41, 5.74) is -1.51. The quantitative estimate of drug-likeness (QED) is 0.791. The van der Waals surface area contributed by atoms with Crippen LogP contribution >= 0.6 is 0 Å². The molecular weight excluding hydrogens is 275 g/mol. The lowest BCUT2D eigenvalue weighted by atomic mass is 10.1. The van der Waals surface area contributed by atoms with E-state index in [4.69, 9.17) is 4.74 Å². The van der Waals surface area contributed by atoms with Crippen molar-refractivity contribution in [3.63, 3.8) is 0 Å². The first-order valence-corrected chi connectivity index (χ1v) is 5.89. The number of halogens is 3. The summed E-state index contributed by atoms with van der Waals surface area (Å²) in [6.07, 6.45) is -2.56. The molecule has 1 aliphatic carbocycles. The SMILES string of the molecule is COC(=O)C1(c2nnc3ccc(C(F)(F)F)cn23)CC1. The minimum absolute atomic E-state index is 0.199. The third kappa shape index (κ3) is 1.75. The van der Waals surface area contributed by atoms with E-state index >= 15 is 0 Å². The standard InChI is InChI=1S/C12H10F3N3O2/c1-20-10(19)11(4-5-11)9-17-16-8-3-2-7(6-18(8)9)12(13,14)15/h2-3,6H,4-5H2,1H3. The second-order valence-electron chi connectivity index (χ2n) is 4.74. The van der Waals surface area contributed by atoms with Crippen molar-refractivity contribution >= 4 is 11.6 Å². The van der Waals surface area contributed by atoms with Gasteiger partial charge in [-0.15, -0.1) is 10.2 Å². The molecule has 0 aromatic carbocycles. The van der Waals surface area contributed by atoms with Gasteiger partial charge in [0.05, 0.1) is 12.7 Å². The Morgan fingerprint density at radius 3 is 2.60 bits per heavy atom. The zero-order valence-corrected chi connectivity index (χ0v) is 10.4. The van der Waals surface area contributed by atoms with Gasteiger partial charge < -0.3 is 4.74 Å². The van der Waals surface area contributed by atoms with Gasteiger partial charge in [-0.1, -0.05) is 0 Å². The van der Waals surface area contributed by atoms with Crippen molar-refractivity contribution in [2.45, 2.75) is 24.4 Å². The van der Waals surface area contributed by atoms with E-state index in [1.165, 1.54) is 17.6 Å². The van der Waals surface area contributed by atoms with Crippen molar-refractivity contribution in [1.82, 2.24) is 14.6 Å². The molecule has 2 aromatic rings. The van der Waals surface area contributed by atoms with Crippen LogP contribution in [-0.2, 0) is 21.1 Å². The maximum atomic E-state index is 12.7. The van der Waals surface area contributed by atoms with Gasteiger partial charge in [-0.3, -0.25) is 9.20 Å². The molecule has 0 aliphatic heterocycles. The number of hydrogen-bond acceptors (Lipinski definition) is 4. The maximum absolute atomic E-state index is 12.7. The Morgan fingerprint density at radius 1 is 1.35 bits per heavy atom. The topological polar surface area (TPSA) is 56.5 Å². The molecule has 0 bridgehead atoms. The first-order valence-electron chi connectivity index (χ1n) is 5.89. The molecule has 2 heterocycles. The lowest BCUT2D eigenvalue weighted by Gasteiger charge is -2.12. The van der Waals surface area contributed by atoms with Crippen molar-refractivity contribution in [2.24, 2.45) is 0 Å². The largest absolute Gasteiger partial charge is 0.468 e. The molecule has 0 unspecified atom stereocenters. The van der Waals surface area contributed by atoms with E-state index in [9.17, 15) is 18.0 Å². The minimum atomic E-state index is -4.46. The average molecular weight is 285 g/mol. The predicted molar refractivity (Wildman–Crippen MR) is 60.9 cm³/mol. The van der Waals surface area contributed by atoms with Gasteiger partial charge >= 0.3 is 12.1 Å². The Morgan fingerprint density at radius 2 is 2.05 bits per heavy atom. The predicted octanol–water partition coefficient (Wildman–Crippen LogP) is 1.95. The smallest absolute Gasteiger partial charge is 0.417 e. The summed E-state index contributed by atoms with van der Waals surface area (Å²) in [4.78, 5) is 11.8. The third-order valence-corrected chi connectivity index (χ3v) is 3.48. The number of pyridine rings is 1. The zero-order valence-electron chi connectivity index (χ0n) is 10.4. The van der Waals surface area contributed by atoms with Crippen molar-refractivity contribution in [1.29, 1.82) is 0 Å². The van der Waals surface area contributed by atoms with Crippen LogP contribution in [0, 0.1) is 0 Å². The summed E-state index contributed by atoms with van der Waals surface area (Å²) < 4.78 is 44.2. The van der Waals surface area contributed by atoms with Crippen LogP contribution in [0.25, 0.3) is 5.65 Å². The highest BCUT2D eigenvalue weighted by atomic mass is 19.4. The van der Waals surface area contributed by atoms with Gasteiger partial charge in [-0.05, 0) is 25.0 Å². The Kier molecular flexibility index (Phi) is 2.54. The fraction of sp³-hybridized carbons (Fsp3) is 0.417. The van der Waals surface area contributed by atoms with E-state index in [0.717, 1.165) is 12.3 Å². The molecule has 1 fully saturated rings. The molecule has 5 nitrogen and oxygen atoms in total. The number of esters is 1. The lowest BCUT2D eigenvalue weighted by Crippen LogP contribution is -2.24. The number of carbonyl (C=O) groups excluding carboxylic acids is 1. The van der Waals surface area contributed by atoms with Gasteiger partial charge in [0, 0.05) is 6.20 Å². The second-order valence-corrected chi connectivity index (χ2v) is 4.74. The van der Waals surface area contributed by atoms with Crippen LogP contribution in [0.1, 0.15) is 24.2 Å². The highest BCUT2D eigenvalue weighted by Crippen LogP contribution is 2.48. The van der Waals surface area contributed by atoms with Crippen LogP contribution in [0.15, 0.2) is 18.3 Å². The van der Waals surface area contributed by atoms with Crippen LogP contribution in [0.3, 0.4) is 0 Å². The van der Waals surface area contributed by atoms with E-state index in [2.05, 4.69) is 10.2 Å². The molecule has 20 heavy (non-hydrogen) atoms. The van der Waals surface area contributed by atoms with E-state index in [1.807, 2.05) is 0 Å². The number of aromatic nitrogens is 3. The van der Waals surface area contributed by atoms with Gasteiger partial charge in [0.2, 0.25) is 0 Å². The molecule has 2 aromatic heterocycles. The maximum Gasteiger partial charge on any atom is 0.417 e. The van der Waals surface area contributed by atoms with E-state index in [0.29, 0.717) is 12.8 Å². The second kappa shape index (κ2) is 3.94. The van der Waals surface area contributed by atoms with Crippen LogP contribution in [0.4, 0.5) is 13.2 Å². The number of ether oxygens (including phenoxy) is 1. The lowest BCUT2D eigenvalue weighted by molar-refractivity contribution is -0.143. The fourth-order valence-electron chi connectivity index (χ4n) is 2.22. The Bertz CT molecular complexity index is 689. The van der Waals surface area contributed by atoms with Crippen LogP contribution in [0.2, 0.25) is 0 Å². The molecule has 1 aliphatic rings. The van der Waals surface area contributed by atoms with E-state index < -0.39 is 23.1 Å². The molecule has 3 rings (SSSR count). The van der Waals surface area contributed by atoms with Gasteiger partial charge in [0.25, 0.3) is 0 Å². The highest BCUT2D eigenvalue weighted by molar-refractivity contribution is 5.85. The first-order chi connectivity index (χ1) is 9.38. The number of methoxy groups -OCH3 is 1. The molecule has 0 amide bonds. The number of rotatable bonds is 2. The van der Waals surface area contributed by atoms with Crippen molar-refractivity contribution in [3.8, 4) is 0 Å². The van der Waals surface area contributed by atoms with Crippen molar-refractivity contribution in [2.75, 3.05) is 7.11 Å². The summed E-state index contributed by atoms with van der Waals surface area (Å²) >= 11 is 0. The third-order valence-electron chi connectivity index (χ3n) is 3.48. The number of carbonyl (C=O) groups is 1. The zero-order chi connectivity index (χ0) is 14.5. The first kappa shape index (κ1) is 12.9. The summed E-state index contributed by atoms with van der Waals surface area (Å²) in [5, 5.41) is 7.67. The number of fused-ring (bicyclic) bond motifs is 1. The van der Waals surface area contributed by atoms with Crippen LogP contribution < -0.4 is 0 Å². The van der Waals surface area contributed by atoms with Crippen molar-refractivity contribution in [3.05, 3.63) is 29.7 Å². The number of hydrogen-bond donors (Lipinski definition) is 0. The molecule has 0 spiro atoms.